The van der Waals surface area contributed by atoms with Gasteiger partial charge in [0.05, 0.1) is 6.26 Å². The normalized spacial score (nSPS) is 10.6. The first-order valence-corrected chi connectivity index (χ1v) is 4.74. The van der Waals surface area contributed by atoms with Crippen LogP contribution in [0.15, 0.2) is 39.4 Å². The van der Waals surface area contributed by atoms with Crippen LogP contribution in [0.2, 0.25) is 0 Å². The van der Waals surface area contributed by atoms with E-state index in [1.807, 2.05) is 31.2 Å². The average Bonchev–Trinajstić information content (AvgIpc) is 2.77. The Bertz CT molecular complexity index is 376. The van der Waals surface area contributed by atoms with Gasteiger partial charge in [-0.15, -0.1) is 0 Å². The molecule has 0 aromatic carbocycles. The van der Waals surface area contributed by atoms with E-state index >= 15 is 0 Å². The maximum atomic E-state index is 5.44. The van der Waals surface area contributed by atoms with Crippen molar-refractivity contribution in [2.75, 3.05) is 0 Å². The van der Waals surface area contributed by atoms with Crippen molar-refractivity contribution in [1.82, 2.24) is 0 Å². The summed E-state index contributed by atoms with van der Waals surface area (Å²) < 4.78 is 10.7. The van der Waals surface area contributed by atoms with Gasteiger partial charge in [0.15, 0.2) is 11.5 Å². The Morgan fingerprint density at radius 1 is 1.14 bits per heavy atom. The summed E-state index contributed by atoms with van der Waals surface area (Å²) in [4.78, 5) is 0. The van der Waals surface area contributed by atoms with Gasteiger partial charge in [0.1, 0.15) is 18.8 Å². The fourth-order valence-corrected chi connectivity index (χ4v) is 1.38. The summed E-state index contributed by atoms with van der Waals surface area (Å²) in [5.74, 6) is 2.97. The molecular weight excluding hydrogens is 178 g/mol. The maximum Gasteiger partial charge on any atom is 0.158 e. The highest BCUT2D eigenvalue weighted by Crippen LogP contribution is 2.04. The van der Waals surface area contributed by atoms with Crippen LogP contribution >= 0.6 is 0 Å². The van der Waals surface area contributed by atoms with Crippen LogP contribution in [0.1, 0.15) is 17.3 Å². The predicted molar refractivity (Wildman–Crippen MR) is 51.5 cm³/mol. The number of hydrogen-bond donors (Lipinski definition) is 1. The zero-order valence-corrected chi connectivity index (χ0v) is 8.19. The molecule has 0 aliphatic heterocycles. The van der Waals surface area contributed by atoms with Gasteiger partial charge < -0.3 is 14.2 Å². The Balaban J connectivity index is 1.78. The number of aryl methyl sites for hydroxylation is 1. The minimum absolute atomic E-state index is 0.854. The predicted octanol–water partition coefficient (Wildman–Crippen LogP) is 1.44. The van der Waals surface area contributed by atoms with Crippen molar-refractivity contribution in [3.63, 3.8) is 0 Å². The molecule has 2 rings (SSSR count). The van der Waals surface area contributed by atoms with Crippen LogP contribution in [0.4, 0.5) is 0 Å². The number of rotatable bonds is 4. The van der Waals surface area contributed by atoms with Gasteiger partial charge in [-0.2, -0.15) is 0 Å². The molecule has 2 aromatic heterocycles. The molecule has 3 heteroatoms. The van der Waals surface area contributed by atoms with E-state index in [0.29, 0.717) is 0 Å². The standard InChI is InChI=1S/C11H13NO2/c1-9-4-5-11(14-9)8-12-7-10-3-2-6-13-10/h2-6,12H,7-8H2,1H3/p+1. The number of nitrogens with two attached hydrogens (primary N) is 1. The van der Waals surface area contributed by atoms with E-state index in [2.05, 4.69) is 5.32 Å². The molecule has 0 unspecified atom stereocenters. The monoisotopic (exact) mass is 192 g/mol. The molecule has 0 aliphatic carbocycles. The summed E-state index contributed by atoms with van der Waals surface area (Å²) in [6.07, 6.45) is 1.69. The second-order valence-electron chi connectivity index (χ2n) is 3.29. The van der Waals surface area contributed by atoms with E-state index in [1.54, 1.807) is 6.26 Å². The van der Waals surface area contributed by atoms with Gasteiger partial charge in [0.2, 0.25) is 0 Å². The first-order valence-electron chi connectivity index (χ1n) is 4.74. The van der Waals surface area contributed by atoms with Gasteiger partial charge in [0, 0.05) is 0 Å². The van der Waals surface area contributed by atoms with Crippen molar-refractivity contribution in [2.45, 2.75) is 20.0 Å². The van der Waals surface area contributed by atoms with Crippen LogP contribution in [-0.2, 0) is 13.1 Å². The smallest absolute Gasteiger partial charge is 0.158 e. The lowest BCUT2D eigenvalue weighted by Gasteiger charge is -1.96. The lowest BCUT2D eigenvalue weighted by atomic mass is 10.4. The molecule has 14 heavy (non-hydrogen) atoms. The maximum absolute atomic E-state index is 5.44. The summed E-state index contributed by atoms with van der Waals surface area (Å²) in [5, 5.41) is 2.15. The van der Waals surface area contributed by atoms with Crippen LogP contribution < -0.4 is 5.32 Å². The molecular formula is C11H14NO2+. The van der Waals surface area contributed by atoms with Crippen LogP contribution in [0.5, 0.6) is 0 Å². The number of hydrogen-bond acceptors (Lipinski definition) is 2. The van der Waals surface area contributed by atoms with E-state index in [-0.39, 0.29) is 0 Å². The van der Waals surface area contributed by atoms with Gasteiger partial charge in [0.25, 0.3) is 0 Å². The van der Waals surface area contributed by atoms with Crippen molar-refractivity contribution in [2.24, 2.45) is 0 Å². The highest BCUT2D eigenvalue weighted by Gasteiger charge is 2.02. The van der Waals surface area contributed by atoms with E-state index in [9.17, 15) is 0 Å². The van der Waals surface area contributed by atoms with Crippen LogP contribution in [0.25, 0.3) is 0 Å². The summed E-state index contributed by atoms with van der Waals surface area (Å²) in [6, 6.07) is 7.87. The van der Waals surface area contributed by atoms with Crippen molar-refractivity contribution >= 4 is 0 Å². The first-order chi connectivity index (χ1) is 6.84. The molecule has 0 bridgehead atoms. The minimum atomic E-state index is 0.854. The van der Waals surface area contributed by atoms with Gasteiger partial charge >= 0.3 is 0 Å². The first kappa shape index (κ1) is 9.09. The van der Waals surface area contributed by atoms with Gasteiger partial charge in [-0.25, -0.2) is 0 Å². The summed E-state index contributed by atoms with van der Waals surface area (Å²) >= 11 is 0. The highest BCUT2D eigenvalue weighted by molar-refractivity contribution is 5.04. The molecule has 74 valence electrons. The molecule has 2 heterocycles. The number of furan rings is 2. The van der Waals surface area contributed by atoms with Crippen LogP contribution in [0.3, 0.4) is 0 Å². The van der Waals surface area contributed by atoms with E-state index in [0.717, 1.165) is 30.4 Å². The molecule has 0 spiro atoms. The topological polar surface area (TPSA) is 42.9 Å². The van der Waals surface area contributed by atoms with Crippen molar-refractivity contribution in [1.29, 1.82) is 0 Å². The van der Waals surface area contributed by atoms with Crippen LogP contribution in [-0.4, -0.2) is 0 Å². The third-order valence-electron chi connectivity index (χ3n) is 2.07. The van der Waals surface area contributed by atoms with Crippen molar-refractivity contribution in [3.8, 4) is 0 Å². The zero-order valence-electron chi connectivity index (χ0n) is 8.19. The third-order valence-corrected chi connectivity index (χ3v) is 2.07. The summed E-state index contributed by atoms with van der Waals surface area (Å²) in [6.45, 7) is 3.66. The van der Waals surface area contributed by atoms with E-state index in [1.165, 1.54) is 0 Å². The second kappa shape index (κ2) is 4.15. The highest BCUT2D eigenvalue weighted by atomic mass is 16.3. The SMILES string of the molecule is Cc1ccc(C[NH2+]Cc2ccco2)o1. The molecule has 2 aromatic rings. The Kier molecular flexibility index (Phi) is 2.70. The molecule has 0 saturated carbocycles. The quantitative estimate of drug-likeness (QED) is 0.796. The summed E-state index contributed by atoms with van der Waals surface area (Å²) in [5.41, 5.74) is 0. The molecule has 0 atom stereocenters. The molecule has 0 fully saturated rings. The molecule has 2 N–H and O–H groups in total. The van der Waals surface area contributed by atoms with Crippen LogP contribution in [0, 0.1) is 6.92 Å². The fraction of sp³-hybridized carbons (Fsp3) is 0.273. The van der Waals surface area contributed by atoms with Crippen molar-refractivity contribution in [3.05, 3.63) is 47.8 Å². The van der Waals surface area contributed by atoms with Gasteiger partial charge in [-0.1, -0.05) is 0 Å². The Hall–Kier alpha value is -1.48. The summed E-state index contributed by atoms with van der Waals surface area (Å²) in [7, 11) is 0. The lowest BCUT2D eigenvalue weighted by Crippen LogP contribution is -2.80. The molecule has 0 radical (unpaired) electrons. The largest absolute Gasteiger partial charge is 0.463 e. The van der Waals surface area contributed by atoms with E-state index in [4.69, 9.17) is 8.83 Å². The molecule has 0 saturated heterocycles. The molecule has 3 nitrogen and oxygen atoms in total. The Morgan fingerprint density at radius 3 is 2.64 bits per heavy atom. The Labute approximate surface area is 82.7 Å². The molecule has 0 aliphatic rings. The van der Waals surface area contributed by atoms with Gasteiger partial charge in [-0.05, 0) is 31.2 Å². The lowest BCUT2D eigenvalue weighted by molar-refractivity contribution is -0.689. The van der Waals surface area contributed by atoms with Crippen molar-refractivity contribution < 1.29 is 14.2 Å². The third kappa shape index (κ3) is 2.26. The second-order valence-corrected chi connectivity index (χ2v) is 3.29. The zero-order chi connectivity index (χ0) is 9.80. The van der Waals surface area contributed by atoms with Gasteiger partial charge in [-0.3, -0.25) is 0 Å². The fourth-order valence-electron chi connectivity index (χ4n) is 1.38. The minimum Gasteiger partial charge on any atom is -0.463 e. The Morgan fingerprint density at radius 2 is 2.00 bits per heavy atom. The van der Waals surface area contributed by atoms with E-state index < -0.39 is 0 Å². The molecule has 0 amide bonds. The number of quaternary nitrogens is 1. The average molecular weight is 192 g/mol.